The molecule has 9 nitrogen and oxygen atoms in total. The van der Waals surface area contributed by atoms with Gasteiger partial charge in [0.2, 0.25) is 15.9 Å². The Morgan fingerprint density at radius 1 is 1.17 bits per heavy atom. The van der Waals surface area contributed by atoms with Crippen molar-refractivity contribution in [2.75, 3.05) is 0 Å². The Morgan fingerprint density at radius 3 is 2.70 bits per heavy atom. The molecular formula is C20H20N4O5S. The van der Waals surface area contributed by atoms with Crippen molar-refractivity contribution in [2.24, 2.45) is 0 Å². The number of nitrogens with zero attached hydrogens (tertiary/aromatic N) is 3. The number of benzene rings is 2. The number of fused-ring (bicyclic) bond motifs is 1. The molecule has 0 unspecified atom stereocenters. The molecule has 0 radical (unpaired) electrons. The zero-order valence-corrected chi connectivity index (χ0v) is 17.3. The molecule has 1 N–H and O–H groups in total. The standard InChI is InChI=1S/C20H20N4O5S/c1-3-19-22-18(23-29-19)12-24-16-9-8-15(10-17(16)28-20(24)25)30(26,27)21-11-14-7-5-4-6-13(14)2/h4-10,21H,3,11-12H2,1-2H3. The van der Waals surface area contributed by atoms with E-state index in [9.17, 15) is 13.2 Å². The number of nitrogens with one attached hydrogen (secondary N) is 1. The third-order valence-corrected chi connectivity index (χ3v) is 6.17. The third-order valence-electron chi connectivity index (χ3n) is 4.78. The summed E-state index contributed by atoms with van der Waals surface area (Å²) in [4.78, 5) is 16.5. The Hall–Kier alpha value is -3.24. The lowest BCUT2D eigenvalue weighted by molar-refractivity contribution is 0.375. The molecule has 30 heavy (non-hydrogen) atoms. The molecule has 10 heteroatoms. The van der Waals surface area contributed by atoms with Gasteiger partial charge in [-0.15, -0.1) is 0 Å². The fourth-order valence-electron chi connectivity index (χ4n) is 3.07. The third kappa shape index (κ3) is 3.91. The lowest BCUT2D eigenvalue weighted by Crippen LogP contribution is -2.23. The Bertz CT molecular complexity index is 1370. The molecule has 4 rings (SSSR count). The van der Waals surface area contributed by atoms with Crippen LogP contribution in [0.3, 0.4) is 0 Å². The smallest absolute Gasteiger partial charge is 0.408 e. The van der Waals surface area contributed by atoms with E-state index >= 15 is 0 Å². The van der Waals surface area contributed by atoms with E-state index in [1.807, 2.05) is 38.1 Å². The van der Waals surface area contributed by atoms with E-state index in [0.717, 1.165) is 11.1 Å². The largest absolute Gasteiger partial charge is 0.420 e. The molecule has 2 heterocycles. The van der Waals surface area contributed by atoms with Crippen LogP contribution >= 0.6 is 0 Å². The van der Waals surface area contributed by atoms with Crippen LogP contribution in [-0.2, 0) is 29.5 Å². The molecule has 0 amide bonds. The molecule has 0 saturated heterocycles. The average Bonchev–Trinajstić information content (AvgIpc) is 3.31. The highest BCUT2D eigenvalue weighted by molar-refractivity contribution is 7.89. The van der Waals surface area contributed by atoms with Crippen molar-refractivity contribution in [3.8, 4) is 0 Å². The van der Waals surface area contributed by atoms with E-state index in [1.54, 1.807) is 0 Å². The predicted octanol–water partition coefficient (Wildman–Crippen LogP) is 2.38. The summed E-state index contributed by atoms with van der Waals surface area (Å²) in [7, 11) is -3.79. The van der Waals surface area contributed by atoms with Crippen LogP contribution in [0.4, 0.5) is 0 Å². The van der Waals surface area contributed by atoms with E-state index < -0.39 is 15.8 Å². The van der Waals surface area contributed by atoms with Crippen molar-refractivity contribution in [3.63, 3.8) is 0 Å². The summed E-state index contributed by atoms with van der Waals surface area (Å²) >= 11 is 0. The molecule has 0 bridgehead atoms. The van der Waals surface area contributed by atoms with Gasteiger partial charge in [-0.25, -0.2) is 17.9 Å². The number of aromatic nitrogens is 3. The summed E-state index contributed by atoms with van der Waals surface area (Å²) in [6.45, 7) is 4.02. The molecule has 0 spiro atoms. The summed E-state index contributed by atoms with van der Waals surface area (Å²) < 4.78 is 39.6. The van der Waals surface area contributed by atoms with Crippen LogP contribution in [0.1, 0.15) is 29.8 Å². The Balaban J connectivity index is 1.60. The fraction of sp³-hybridized carbons (Fsp3) is 0.250. The Labute approximate surface area is 172 Å². The van der Waals surface area contributed by atoms with E-state index in [2.05, 4.69) is 14.9 Å². The first kappa shape index (κ1) is 20.0. The first-order valence-electron chi connectivity index (χ1n) is 9.36. The first-order valence-corrected chi connectivity index (χ1v) is 10.8. The molecule has 0 aliphatic rings. The molecule has 4 aromatic rings. The summed E-state index contributed by atoms with van der Waals surface area (Å²) in [6, 6.07) is 11.8. The van der Waals surface area contributed by atoms with E-state index in [4.69, 9.17) is 8.94 Å². The van der Waals surface area contributed by atoms with Crippen molar-refractivity contribution in [3.05, 3.63) is 75.9 Å². The van der Waals surface area contributed by atoms with Gasteiger partial charge >= 0.3 is 5.76 Å². The van der Waals surface area contributed by atoms with Gasteiger partial charge < -0.3 is 8.94 Å². The molecule has 2 aromatic carbocycles. The fourth-order valence-corrected chi connectivity index (χ4v) is 4.09. The summed E-state index contributed by atoms with van der Waals surface area (Å²) in [5.41, 5.74) is 2.48. The van der Waals surface area contributed by atoms with Crippen molar-refractivity contribution >= 4 is 21.1 Å². The number of aryl methyl sites for hydroxylation is 2. The first-order chi connectivity index (χ1) is 14.4. The minimum Gasteiger partial charge on any atom is -0.408 e. The van der Waals surface area contributed by atoms with Gasteiger partial charge in [-0.1, -0.05) is 36.3 Å². The zero-order valence-electron chi connectivity index (χ0n) is 16.5. The summed E-state index contributed by atoms with van der Waals surface area (Å²) in [6.07, 6.45) is 0.588. The molecule has 0 saturated carbocycles. The van der Waals surface area contributed by atoms with Crippen molar-refractivity contribution in [1.82, 2.24) is 19.4 Å². The molecular weight excluding hydrogens is 408 g/mol. The lowest BCUT2D eigenvalue weighted by Gasteiger charge is -2.09. The maximum Gasteiger partial charge on any atom is 0.420 e. The van der Waals surface area contributed by atoms with Gasteiger partial charge in [-0.2, -0.15) is 4.98 Å². The minimum atomic E-state index is -3.79. The topological polar surface area (TPSA) is 120 Å². The minimum absolute atomic E-state index is 0.0114. The lowest BCUT2D eigenvalue weighted by atomic mass is 10.1. The van der Waals surface area contributed by atoms with Crippen molar-refractivity contribution in [1.29, 1.82) is 0 Å². The van der Waals surface area contributed by atoms with E-state index in [0.29, 0.717) is 23.7 Å². The molecule has 0 aliphatic carbocycles. The van der Waals surface area contributed by atoms with Crippen molar-refractivity contribution in [2.45, 2.75) is 38.3 Å². The number of sulfonamides is 1. The highest BCUT2D eigenvalue weighted by Crippen LogP contribution is 2.20. The zero-order chi connectivity index (χ0) is 21.3. The maximum absolute atomic E-state index is 12.7. The maximum atomic E-state index is 12.7. The summed E-state index contributed by atoms with van der Waals surface area (Å²) in [5, 5.41) is 3.83. The van der Waals surface area contributed by atoms with Crippen LogP contribution in [0.15, 0.2) is 61.1 Å². The Morgan fingerprint density at radius 2 is 1.97 bits per heavy atom. The predicted molar refractivity (Wildman–Crippen MR) is 108 cm³/mol. The second kappa shape index (κ2) is 7.88. The quantitative estimate of drug-likeness (QED) is 0.480. The summed E-state index contributed by atoms with van der Waals surface area (Å²) in [5.74, 6) is 0.183. The number of rotatable bonds is 7. The van der Waals surface area contributed by atoms with Crippen LogP contribution in [-0.4, -0.2) is 23.1 Å². The second-order valence-corrected chi connectivity index (χ2v) is 8.56. The van der Waals surface area contributed by atoms with Crippen LogP contribution in [0, 0.1) is 6.92 Å². The molecule has 156 valence electrons. The Kier molecular flexibility index (Phi) is 5.27. The normalized spacial score (nSPS) is 11.9. The van der Waals surface area contributed by atoms with Crippen LogP contribution in [0.2, 0.25) is 0 Å². The molecule has 0 aliphatic heterocycles. The number of hydrogen-bond donors (Lipinski definition) is 1. The van der Waals surface area contributed by atoms with Crippen LogP contribution < -0.4 is 10.5 Å². The molecule has 0 fully saturated rings. The molecule has 0 atom stereocenters. The van der Waals surface area contributed by atoms with Gasteiger partial charge in [0, 0.05) is 19.0 Å². The van der Waals surface area contributed by atoms with Gasteiger partial charge in [-0.3, -0.25) is 4.57 Å². The van der Waals surface area contributed by atoms with Gasteiger partial charge in [0.25, 0.3) is 0 Å². The van der Waals surface area contributed by atoms with Crippen LogP contribution in [0.25, 0.3) is 11.1 Å². The van der Waals surface area contributed by atoms with E-state index in [-0.39, 0.29) is 23.6 Å². The van der Waals surface area contributed by atoms with Crippen LogP contribution in [0.5, 0.6) is 0 Å². The van der Waals surface area contributed by atoms with Crippen molar-refractivity contribution < 1.29 is 17.4 Å². The monoisotopic (exact) mass is 428 g/mol. The highest BCUT2D eigenvalue weighted by Gasteiger charge is 2.19. The SMILES string of the molecule is CCc1nc(Cn2c(=O)oc3cc(S(=O)(=O)NCc4ccccc4C)ccc32)no1. The number of hydrogen-bond acceptors (Lipinski definition) is 7. The number of oxazole rings is 1. The van der Waals surface area contributed by atoms with Gasteiger partial charge in [-0.05, 0) is 30.2 Å². The second-order valence-electron chi connectivity index (χ2n) is 6.79. The highest BCUT2D eigenvalue weighted by atomic mass is 32.2. The average molecular weight is 428 g/mol. The van der Waals surface area contributed by atoms with Gasteiger partial charge in [0.15, 0.2) is 11.4 Å². The van der Waals surface area contributed by atoms with Gasteiger partial charge in [0.1, 0.15) is 0 Å². The van der Waals surface area contributed by atoms with Gasteiger partial charge in [0.05, 0.1) is 17.0 Å². The molecule has 2 aromatic heterocycles. The van der Waals surface area contributed by atoms with E-state index in [1.165, 1.54) is 22.8 Å².